The minimum Gasteiger partial charge on any atom is -0.489 e. The number of fused-ring (bicyclic) bond motifs is 1. The highest BCUT2D eigenvalue weighted by molar-refractivity contribution is 6.05. The van der Waals surface area contributed by atoms with Gasteiger partial charge in [-0.2, -0.15) is 0 Å². The average molecular weight is 436 g/mol. The SMILES string of the molecule is CCCCNCc1ccc(COc2cccc3c2CN(C2CCC(=O)NC2=O)C3=O)cc1. The van der Waals surface area contributed by atoms with Gasteiger partial charge in [-0.25, -0.2) is 0 Å². The molecule has 168 valence electrons. The molecule has 2 heterocycles. The molecule has 1 fully saturated rings. The van der Waals surface area contributed by atoms with Crippen molar-refractivity contribution in [3.8, 4) is 5.75 Å². The van der Waals surface area contributed by atoms with Crippen molar-refractivity contribution in [3.63, 3.8) is 0 Å². The summed E-state index contributed by atoms with van der Waals surface area (Å²) in [5.41, 5.74) is 3.63. The van der Waals surface area contributed by atoms with Crippen LogP contribution in [0.1, 0.15) is 59.7 Å². The van der Waals surface area contributed by atoms with Gasteiger partial charge in [-0.3, -0.25) is 19.7 Å². The summed E-state index contributed by atoms with van der Waals surface area (Å²) in [6.45, 7) is 4.76. The van der Waals surface area contributed by atoms with Gasteiger partial charge in [0.2, 0.25) is 11.8 Å². The molecule has 0 aliphatic carbocycles. The highest BCUT2D eigenvalue weighted by Gasteiger charge is 2.40. The number of carbonyl (C=O) groups excluding carboxylic acids is 3. The third kappa shape index (κ3) is 4.83. The number of unbranched alkanes of at least 4 members (excludes halogenated alkanes) is 1. The second kappa shape index (κ2) is 9.96. The lowest BCUT2D eigenvalue weighted by Gasteiger charge is -2.29. The van der Waals surface area contributed by atoms with Crippen molar-refractivity contribution in [2.45, 2.75) is 58.3 Å². The number of carbonyl (C=O) groups is 3. The molecule has 1 atom stereocenters. The molecule has 7 heteroatoms. The van der Waals surface area contributed by atoms with E-state index in [1.54, 1.807) is 17.0 Å². The second-order valence-corrected chi connectivity index (χ2v) is 8.32. The van der Waals surface area contributed by atoms with Crippen LogP contribution in [0.5, 0.6) is 5.75 Å². The van der Waals surface area contributed by atoms with Gasteiger partial charge in [0.1, 0.15) is 18.4 Å². The molecular formula is C25H29N3O4. The first-order valence-corrected chi connectivity index (χ1v) is 11.2. The predicted molar refractivity (Wildman–Crippen MR) is 120 cm³/mol. The van der Waals surface area contributed by atoms with E-state index in [0.717, 1.165) is 24.2 Å². The number of amides is 3. The number of rotatable bonds is 9. The maximum Gasteiger partial charge on any atom is 0.255 e. The Morgan fingerprint density at radius 3 is 2.62 bits per heavy atom. The standard InChI is InChI=1S/C25H29N3O4/c1-2-3-13-26-14-17-7-9-18(10-8-17)16-32-22-6-4-5-19-20(22)15-28(25(19)31)21-11-12-23(29)27-24(21)30/h4-10,21,26H,2-3,11-16H2,1H3,(H,27,29,30). The molecule has 4 rings (SSSR count). The molecular weight excluding hydrogens is 406 g/mol. The Bertz CT molecular complexity index is 1000. The molecule has 2 aliphatic heterocycles. The van der Waals surface area contributed by atoms with E-state index in [-0.39, 0.29) is 18.2 Å². The van der Waals surface area contributed by atoms with Crippen LogP contribution in [0.2, 0.25) is 0 Å². The minimum absolute atomic E-state index is 0.195. The Kier molecular flexibility index (Phi) is 6.85. The molecule has 3 amide bonds. The highest BCUT2D eigenvalue weighted by atomic mass is 16.5. The zero-order valence-electron chi connectivity index (χ0n) is 18.4. The first-order chi connectivity index (χ1) is 15.6. The molecule has 0 bridgehead atoms. The summed E-state index contributed by atoms with van der Waals surface area (Å²) in [6, 6.07) is 13.1. The van der Waals surface area contributed by atoms with Gasteiger partial charge in [0.25, 0.3) is 5.91 Å². The molecule has 0 spiro atoms. The van der Waals surface area contributed by atoms with E-state index in [2.05, 4.69) is 41.8 Å². The largest absolute Gasteiger partial charge is 0.489 e. The van der Waals surface area contributed by atoms with E-state index >= 15 is 0 Å². The normalized spacial score (nSPS) is 18.0. The number of ether oxygens (including phenoxy) is 1. The van der Waals surface area contributed by atoms with Crippen molar-refractivity contribution in [2.24, 2.45) is 0 Å². The van der Waals surface area contributed by atoms with Crippen LogP contribution in [0, 0.1) is 0 Å². The van der Waals surface area contributed by atoms with Crippen molar-refractivity contribution in [3.05, 3.63) is 64.7 Å². The lowest BCUT2D eigenvalue weighted by molar-refractivity contribution is -0.136. The summed E-state index contributed by atoms with van der Waals surface area (Å²) in [7, 11) is 0. The maximum absolute atomic E-state index is 12.9. The van der Waals surface area contributed by atoms with Crippen LogP contribution in [0.4, 0.5) is 0 Å². The van der Waals surface area contributed by atoms with Gasteiger partial charge in [-0.05, 0) is 42.6 Å². The van der Waals surface area contributed by atoms with Crippen LogP contribution < -0.4 is 15.4 Å². The van der Waals surface area contributed by atoms with E-state index < -0.39 is 11.9 Å². The zero-order chi connectivity index (χ0) is 22.5. The molecule has 2 aromatic rings. The lowest BCUT2D eigenvalue weighted by Crippen LogP contribution is -2.52. The Hall–Kier alpha value is -3.19. The van der Waals surface area contributed by atoms with Crippen molar-refractivity contribution < 1.29 is 19.1 Å². The van der Waals surface area contributed by atoms with Gasteiger partial charge >= 0.3 is 0 Å². The number of nitrogens with zero attached hydrogens (tertiary/aromatic N) is 1. The van der Waals surface area contributed by atoms with Crippen LogP contribution in [-0.2, 0) is 29.3 Å². The fourth-order valence-electron chi connectivity index (χ4n) is 4.14. The van der Waals surface area contributed by atoms with Gasteiger partial charge in [0.05, 0.1) is 6.54 Å². The number of hydrogen-bond donors (Lipinski definition) is 2. The zero-order valence-corrected chi connectivity index (χ0v) is 18.4. The Morgan fingerprint density at radius 2 is 1.88 bits per heavy atom. The topological polar surface area (TPSA) is 87.7 Å². The van der Waals surface area contributed by atoms with E-state index in [4.69, 9.17) is 4.74 Å². The first kappa shape index (κ1) is 22.0. The predicted octanol–water partition coefficient (Wildman–Crippen LogP) is 2.92. The van der Waals surface area contributed by atoms with Gasteiger partial charge in [0.15, 0.2) is 0 Å². The molecule has 0 aromatic heterocycles. The maximum atomic E-state index is 12.9. The Labute approximate surface area is 188 Å². The third-order valence-corrected chi connectivity index (χ3v) is 5.99. The van der Waals surface area contributed by atoms with Crippen molar-refractivity contribution in [1.82, 2.24) is 15.5 Å². The first-order valence-electron chi connectivity index (χ1n) is 11.2. The third-order valence-electron chi connectivity index (χ3n) is 5.99. The Balaban J connectivity index is 1.38. The van der Waals surface area contributed by atoms with Crippen LogP contribution in [-0.4, -0.2) is 35.2 Å². The molecule has 32 heavy (non-hydrogen) atoms. The van der Waals surface area contributed by atoms with Gasteiger partial charge in [-0.15, -0.1) is 0 Å². The number of imide groups is 1. The molecule has 2 N–H and O–H groups in total. The van der Waals surface area contributed by atoms with E-state index in [1.807, 2.05) is 6.07 Å². The number of nitrogens with one attached hydrogen (secondary N) is 2. The quantitative estimate of drug-likeness (QED) is 0.467. The van der Waals surface area contributed by atoms with Crippen LogP contribution in [0.15, 0.2) is 42.5 Å². The van der Waals surface area contributed by atoms with Gasteiger partial charge in [0, 0.05) is 24.1 Å². The minimum atomic E-state index is -0.626. The lowest BCUT2D eigenvalue weighted by atomic mass is 10.0. The van der Waals surface area contributed by atoms with E-state index in [0.29, 0.717) is 30.9 Å². The van der Waals surface area contributed by atoms with E-state index in [9.17, 15) is 14.4 Å². The van der Waals surface area contributed by atoms with Gasteiger partial charge < -0.3 is 15.0 Å². The van der Waals surface area contributed by atoms with Crippen molar-refractivity contribution in [2.75, 3.05) is 6.54 Å². The van der Waals surface area contributed by atoms with Gasteiger partial charge in [-0.1, -0.05) is 43.7 Å². The number of hydrogen-bond acceptors (Lipinski definition) is 5. The molecule has 1 saturated heterocycles. The van der Waals surface area contributed by atoms with Crippen molar-refractivity contribution in [1.29, 1.82) is 0 Å². The molecule has 7 nitrogen and oxygen atoms in total. The smallest absolute Gasteiger partial charge is 0.255 e. The van der Waals surface area contributed by atoms with Crippen LogP contribution in [0.3, 0.4) is 0 Å². The molecule has 1 unspecified atom stereocenters. The summed E-state index contributed by atoms with van der Waals surface area (Å²) in [6.07, 6.45) is 2.95. The summed E-state index contributed by atoms with van der Waals surface area (Å²) in [5.74, 6) is -0.243. The van der Waals surface area contributed by atoms with Crippen LogP contribution >= 0.6 is 0 Å². The summed E-state index contributed by atoms with van der Waals surface area (Å²) >= 11 is 0. The molecule has 0 radical (unpaired) electrons. The summed E-state index contributed by atoms with van der Waals surface area (Å²) in [4.78, 5) is 38.2. The number of piperidine rings is 1. The second-order valence-electron chi connectivity index (χ2n) is 8.32. The van der Waals surface area contributed by atoms with Crippen molar-refractivity contribution >= 4 is 17.7 Å². The summed E-state index contributed by atoms with van der Waals surface area (Å²) < 4.78 is 6.07. The molecule has 2 aromatic carbocycles. The number of benzene rings is 2. The Morgan fingerprint density at radius 1 is 1.09 bits per heavy atom. The molecule has 2 aliphatic rings. The van der Waals surface area contributed by atoms with Crippen LogP contribution in [0.25, 0.3) is 0 Å². The average Bonchev–Trinajstić information content (AvgIpc) is 3.13. The fourth-order valence-corrected chi connectivity index (χ4v) is 4.14. The summed E-state index contributed by atoms with van der Waals surface area (Å²) in [5, 5.41) is 5.76. The highest BCUT2D eigenvalue weighted by Crippen LogP contribution is 2.33. The monoisotopic (exact) mass is 435 g/mol. The fraction of sp³-hybridized carbons (Fsp3) is 0.400. The molecule has 0 saturated carbocycles. The van der Waals surface area contributed by atoms with E-state index in [1.165, 1.54) is 18.4 Å².